The van der Waals surface area contributed by atoms with Crippen LogP contribution in [0.5, 0.6) is 0 Å². The van der Waals surface area contributed by atoms with Gasteiger partial charge in [0.25, 0.3) is 0 Å². The maximum atomic E-state index is 12.7. The molecule has 3 nitrogen and oxygen atoms in total. The van der Waals surface area contributed by atoms with Crippen LogP contribution in [-0.4, -0.2) is 25.5 Å². The Hall–Kier alpha value is -1.56. The van der Waals surface area contributed by atoms with E-state index >= 15 is 0 Å². The zero-order chi connectivity index (χ0) is 16.2. The second kappa shape index (κ2) is 7.13. The normalized spacial score (nSPS) is 19.9. The molecular weight excluding hydrogens is 293 g/mol. The summed E-state index contributed by atoms with van der Waals surface area (Å²) in [6.45, 7) is 3.92. The molecule has 1 fully saturated rings. The van der Waals surface area contributed by atoms with Crippen molar-refractivity contribution in [2.75, 3.05) is 19.6 Å². The van der Waals surface area contributed by atoms with E-state index in [9.17, 15) is 18.0 Å². The molecular formula is C16H21F3N2O. The molecule has 2 unspecified atom stereocenters. The van der Waals surface area contributed by atoms with Gasteiger partial charge in [0.15, 0.2) is 0 Å². The monoisotopic (exact) mass is 314 g/mol. The molecule has 1 aromatic rings. The first kappa shape index (κ1) is 16.8. The van der Waals surface area contributed by atoms with Crippen molar-refractivity contribution < 1.29 is 18.0 Å². The minimum Gasteiger partial charge on any atom is -0.356 e. The van der Waals surface area contributed by atoms with E-state index in [-0.39, 0.29) is 17.7 Å². The summed E-state index contributed by atoms with van der Waals surface area (Å²) < 4.78 is 38.1. The van der Waals surface area contributed by atoms with Gasteiger partial charge >= 0.3 is 6.18 Å². The van der Waals surface area contributed by atoms with Gasteiger partial charge in [-0.05, 0) is 36.9 Å². The first-order valence-electron chi connectivity index (χ1n) is 7.53. The molecule has 1 amide bonds. The Labute approximate surface area is 128 Å². The van der Waals surface area contributed by atoms with Gasteiger partial charge in [0.05, 0.1) is 11.5 Å². The van der Waals surface area contributed by atoms with Crippen molar-refractivity contribution in [3.8, 4) is 0 Å². The van der Waals surface area contributed by atoms with Crippen molar-refractivity contribution in [3.05, 3.63) is 35.4 Å². The van der Waals surface area contributed by atoms with Crippen LogP contribution in [-0.2, 0) is 11.0 Å². The largest absolute Gasteiger partial charge is 0.416 e. The van der Waals surface area contributed by atoms with Crippen LogP contribution < -0.4 is 10.6 Å². The van der Waals surface area contributed by atoms with Gasteiger partial charge in [-0.3, -0.25) is 4.79 Å². The summed E-state index contributed by atoms with van der Waals surface area (Å²) in [5.41, 5.74) is 0.0181. The number of nitrogens with one attached hydrogen (secondary N) is 2. The van der Waals surface area contributed by atoms with Gasteiger partial charge < -0.3 is 10.6 Å². The van der Waals surface area contributed by atoms with E-state index in [1.54, 1.807) is 6.07 Å². The lowest BCUT2D eigenvalue weighted by atomic mass is 9.96. The predicted octanol–water partition coefficient (Wildman–Crippen LogP) is 2.92. The molecule has 1 aliphatic rings. The highest BCUT2D eigenvalue weighted by molar-refractivity contribution is 5.79. The maximum Gasteiger partial charge on any atom is 0.416 e. The van der Waals surface area contributed by atoms with Crippen molar-refractivity contribution in [1.82, 2.24) is 10.6 Å². The van der Waals surface area contributed by atoms with E-state index in [2.05, 4.69) is 10.6 Å². The summed E-state index contributed by atoms with van der Waals surface area (Å²) >= 11 is 0. The highest BCUT2D eigenvalue weighted by Gasteiger charge is 2.30. The van der Waals surface area contributed by atoms with Crippen LogP contribution in [0.2, 0.25) is 0 Å². The first-order valence-corrected chi connectivity index (χ1v) is 7.53. The summed E-state index contributed by atoms with van der Waals surface area (Å²) in [7, 11) is 0. The molecule has 0 spiro atoms. The molecule has 0 aliphatic carbocycles. The molecule has 0 radical (unpaired) electrons. The number of carbonyl (C=O) groups is 1. The van der Waals surface area contributed by atoms with Crippen LogP contribution in [0.4, 0.5) is 13.2 Å². The topological polar surface area (TPSA) is 41.1 Å². The van der Waals surface area contributed by atoms with Gasteiger partial charge in [0.2, 0.25) is 5.91 Å². The van der Waals surface area contributed by atoms with Gasteiger partial charge in [-0.2, -0.15) is 13.2 Å². The molecule has 1 aromatic carbocycles. The van der Waals surface area contributed by atoms with Crippen LogP contribution in [0.3, 0.4) is 0 Å². The highest BCUT2D eigenvalue weighted by Crippen LogP contribution is 2.31. The van der Waals surface area contributed by atoms with Gasteiger partial charge in [0, 0.05) is 13.1 Å². The molecule has 6 heteroatoms. The summed E-state index contributed by atoms with van der Waals surface area (Å²) in [6.07, 6.45) is -2.86. The first-order chi connectivity index (χ1) is 10.4. The Bertz CT molecular complexity index is 510. The van der Waals surface area contributed by atoms with Crippen molar-refractivity contribution in [2.24, 2.45) is 5.92 Å². The van der Waals surface area contributed by atoms with E-state index < -0.39 is 11.7 Å². The van der Waals surface area contributed by atoms with E-state index in [0.29, 0.717) is 25.1 Å². The fourth-order valence-electron chi connectivity index (χ4n) is 2.62. The van der Waals surface area contributed by atoms with Crippen LogP contribution in [0.1, 0.15) is 36.8 Å². The number of hydrogen-bond acceptors (Lipinski definition) is 2. The Morgan fingerprint density at radius 2 is 2.23 bits per heavy atom. The van der Waals surface area contributed by atoms with Crippen molar-refractivity contribution in [2.45, 2.75) is 31.9 Å². The van der Waals surface area contributed by atoms with Crippen LogP contribution in [0.25, 0.3) is 0 Å². The SMILES string of the molecule is CC(CCNC(=O)C1CCNC1)c1cccc(C(F)(F)F)c1. The molecule has 0 aromatic heterocycles. The smallest absolute Gasteiger partial charge is 0.356 e. The molecule has 122 valence electrons. The summed E-state index contributed by atoms with van der Waals surface area (Å²) in [5.74, 6) is 0.00871. The van der Waals surface area contributed by atoms with Crippen LogP contribution in [0.15, 0.2) is 24.3 Å². The number of halogens is 3. The standard InChI is InChI=1S/C16H21F3N2O/c1-11(5-8-21-15(22)13-6-7-20-10-13)12-3-2-4-14(9-12)16(17,18)19/h2-4,9,11,13,20H,5-8,10H2,1H3,(H,21,22). The molecule has 2 atom stereocenters. The van der Waals surface area contributed by atoms with Crippen molar-refractivity contribution >= 4 is 5.91 Å². The summed E-state index contributed by atoms with van der Waals surface area (Å²) in [6, 6.07) is 5.39. The van der Waals surface area contributed by atoms with Gasteiger partial charge in [-0.15, -0.1) is 0 Å². The number of carbonyl (C=O) groups excluding carboxylic acids is 1. The van der Waals surface area contributed by atoms with Crippen molar-refractivity contribution in [3.63, 3.8) is 0 Å². The molecule has 1 aliphatic heterocycles. The molecule has 22 heavy (non-hydrogen) atoms. The maximum absolute atomic E-state index is 12.7. The molecule has 2 N–H and O–H groups in total. The number of amides is 1. The molecule has 0 bridgehead atoms. The molecule has 1 heterocycles. The van der Waals surface area contributed by atoms with E-state index in [0.717, 1.165) is 19.0 Å². The third kappa shape index (κ3) is 4.47. The summed E-state index contributed by atoms with van der Waals surface area (Å²) in [4.78, 5) is 11.8. The number of alkyl halides is 3. The van der Waals surface area contributed by atoms with Crippen LogP contribution in [0, 0.1) is 5.92 Å². The lowest BCUT2D eigenvalue weighted by Gasteiger charge is -2.16. The Morgan fingerprint density at radius 3 is 2.86 bits per heavy atom. The molecule has 1 saturated heterocycles. The minimum absolute atomic E-state index is 0.0175. The third-order valence-electron chi connectivity index (χ3n) is 4.09. The number of benzene rings is 1. The second-order valence-corrected chi connectivity index (χ2v) is 5.79. The third-order valence-corrected chi connectivity index (χ3v) is 4.09. The zero-order valence-corrected chi connectivity index (χ0v) is 12.5. The van der Waals surface area contributed by atoms with Gasteiger partial charge in [-0.25, -0.2) is 0 Å². The van der Waals surface area contributed by atoms with Gasteiger partial charge in [0.1, 0.15) is 0 Å². The lowest BCUT2D eigenvalue weighted by molar-refractivity contribution is -0.137. The second-order valence-electron chi connectivity index (χ2n) is 5.79. The van der Waals surface area contributed by atoms with E-state index in [1.165, 1.54) is 12.1 Å². The fraction of sp³-hybridized carbons (Fsp3) is 0.562. The highest BCUT2D eigenvalue weighted by atomic mass is 19.4. The van der Waals surface area contributed by atoms with E-state index in [1.807, 2.05) is 6.92 Å². The minimum atomic E-state index is -4.32. The average molecular weight is 314 g/mol. The number of rotatable bonds is 5. The zero-order valence-electron chi connectivity index (χ0n) is 12.5. The lowest BCUT2D eigenvalue weighted by Crippen LogP contribution is -2.33. The predicted molar refractivity (Wildman–Crippen MR) is 78.5 cm³/mol. The van der Waals surface area contributed by atoms with E-state index in [4.69, 9.17) is 0 Å². The molecule has 0 saturated carbocycles. The Balaban J connectivity index is 1.84. The van der Waals surface area contributed by atoms with Crippen LogP contribution >= 0.6 is 0 Å². The average Bonchev–Trinajstić information content (AvgIpc) is 3.00. The number of hydrogen-bond donors (Lipinski definition) is 2. The fourth-order valence-corrected chi connectivity index (χ4v) is 2.62. The van der Waals surface area contributed by atoms with Crippen molar-refractivity contribution in [1.29, 1.82) is 0 Å². The van der Waals surface area contributed by atoms with Gasteiger partial charge in [-0.1, -0.05) is 25.1 Å². The quantitative estimate of drug-likeness (QED) is 0.877. The molecule has 2 rings (SSSR count). The summed E-state index contributed by atoms with van der Waals surface area (Å²) in [5, 5.41) is 6.00. The Kier molecular flexibility index (Phi) is 5.45. The Morgan fingerprint density at radius 1 is 1.45 bits per heavy atom.